The summed E-state index contributed by atoms with van der Waals surface area (Å²) in [4.78, 5) is 36.2. The molecule has 3 aromatic rings. The van der Waals surface area contributed by atoms with E-state index in [1.165, 1.54) is 31.2 Å². The molecule has 0 radical (unpaired) electrons. The predicted molar refractivity (Wildman–Crippen MR) is 114 cm³/mol. The highest BCUT2D eigenvalue weighted by Gasteiger charge is 2.11. The molecule has 0 atom stereocenters. The van der Waals surface area contributed by atoms with Gasteiger partial charge >= 0.3 is 0 Å². The average Bonchev–Trinajstić information content (AvgIpc) is 2.70. The van der Waals surface area contributed by atoms with Crippen molar-refractivity contribution < 1.29 is 18.8 Å². The van der Waals surface area contributed by atoms with Crippen molar-refractivity contribution in [3.63, 3.8) is 0 Å². The van der Waals surface area contributed by atoms with Crippen molar-refractivity contribution in [2.45, 2.75) is 13.8 Å². The highest BCUT2D eigenvalue weighted by molar-refractivity contribution is 6.07. The lowest BCUT2D eigenvalue weighted by Gasteiger charge is -2.12. The largest absolute Gasteiger partial charge is 0.326 e. The molecule has 0 heterocycles. The Hall–Kier alpha value is -4.00. The molecular formula is C23H20FN3O3. The fraction of sp³-hybridized carbons (Fsp3) is 0.0870. The molecule has 6 nitrogen and oxygen atoms in total. The number of rotatable bonds is 5. The standard InChI is InChI=1S/C23H20FN3O3/c1-14-6-11-20(25-15(2)28)13-21(14)27-23(30)17-4-3-5-19(12-17)26-22(29)16-7-9-18(24)10-8-16/h3-13H,1-2H3,(H,25,28)(H,26,29)(H,27,30). The number of anilines is 3. The third-order valence-corrected chi connectivity index (χ3v) is 4.30. The second-order valence-electron chi connectivity index (χ2n) is 6.71. The van der Waals surface area contributed by atoms with Crippen LogP contribution in [0, 0.1) is 12.7 Å². The lowest BCUT2D eigenvalue weighted by atomic mass is 10.1. The van der Waals surface area contributed by atoms with E-state index in [4.69, 9.17) is 0 Å². The number of carbonyl (C=O) groups excluding carboxylic acids is 3. The maximum Gasteiger partial charge on any atom is 0.255 e. The van der Waals surface area contributed by atoms with Gasteiger partial charge in [0.05, 0.1) is 0 Å². The molecule has 0 fully saturated rings. The molecule has 0 aromatic heterocycles. The second kappa shape index (κ2) is 9.00. The van der Waals surface area contributed by atoms with Crippen LogP contribution in [0.5, 0.6) is 0 Å². The number of hydrogen-bond donors (Lipinski definition) is 3. The number of hydrogen-bond acceptors (Lipinski definition) is 3. The molecular weight excluding hydrogens is 385 g/mol. The Morgan fingerprint density at radius 3 is 2.10 bits per heavy atom. The molecule has 0 saturated carbocycles. The van der Waals surface area contributed by atoms with E-state index in [2.05, 4.69) is 16.0 Å². The number of aryl methyl sites for hydroxylation is 1. The second-order valence-corrected chi connectivity index (χ2v) is 6.71. The van der Waals surface area contributed by atoms with Crippen LogP contribution in [0.25, 0.3) is 0 Å². The van der Waals surface area contributed by atoms with E-state index in [1.54, 1.807) is 42.5 Å². The first-order valence-electron chi connectivity index (χ1n) is 9.18. The van der Waals surface area contributed by atoms with Crippen molar-refractivity contribution in [3.05, 3.63) is 89.2 Å². The maximum atomic E-state index is 13.0. The Labute approximate surface area is 173 Å². The van der Waals surface area contributed by atoms with Gasteiger partial charge in [-0.1, -0.05) is 12.1 Å². The number of benzene rings is 3. The number of nitrogens with one attached hydrogen (secondary N) is 3. The molecule has 0 saturated heterocycles. The normalized spacial score (nSPS) is 10.2. The van der Waals surface area contributed by atoms with Gasteiger partial charge in [0, 0.05) is 35.1 Å². The van der Waals surface area contributed by atoms with Gasteiger partial charge in [-0.2, -0.15) is 0 Å². The minimum Gasteiger partial charge on any atom is -0.326 e. The first kappa shape index (κ1) is 20.7. The molecule has 30 heavy (non-hydrogen) atoms. The van der Waals surface area contributed by atoms with E-state index < -0.39 is 11.7 Å². The van der Waals surface area contributed by atoms with E-state index in [-0.39, 0.29) is 11.8 Å². The number of halogens is 1. The van der Waals surface area contributed by atoms with Crippen molar-refractivity contribution in [1.29, 1.82) is 0 Å². The molecule has 3 amide bonds. The van der Waals surface area contributed by atoms with E-state index in [0.717, 1.165) is 5.56 Å². The van der Waals surface area contributed by atoms with Gasteiger partial charge in [0.15, 0.2) is 0 Å². The molecule has 0 aliphatic carbocycles. The van der Waals surface area contributed by atoms with E-state index in [9.17, 15) is 18.8 Å². The van der Waals surface area contributed by atoms with Crippen LogP contribution in [0.1, 0.15) is 33.2 Å². The van der Waals surface area contributed by atoms with Gasteiger partial charge in [0.1, 0.15) is 5.82 Å². The Morgan fingerprint density at radius 1 is 0.733 bits per heavy atom. The van der Waals surface area contributed by atoms with Crippen molar-refractivity contribution in [2.75, 3.05) is 16.0 Å². The van der Waals surface area contributed by atoms with Crippen molar-refractivity contribution in [3.8, 4) is 0 Å². The summed E-state index contributed by atoms with van der Waals surface area (Å²) in [7, 11) is 0. The maximum absolute atomic E-state index is 13.0. The summed E-state index contributed by atoms with van der Waals surface area (Å²) in [6.45, 7) is 3.25. The molecule has 0 aliphatic heterocycles. The zero-order chi connectivity index (χ0) is 21.7. The first-order chi connectivity index (χ1) is 14.3. The van der Waals surface area contributed by atoms with Crippen LogP contribution in [-0.2, 0) is 4.79 Å². The van der Waals surface area contributed by atoms with E-state index >= 15 is 0 Å². The Balaban J connectivity index is 1.74. The Bertz CT molecular complexity index is 1110. The summed E-state index contributed by atoms with van der Waals surface area (Å²) in [5.41, 5.74) is 3.04. The lowest BCUT2D eigenvalue weighted by Crippen LogP contribution is -2.15. The molecule has 0 unspecified atom stereocenters. The molecule has 3 rings (SSSR count). The summed E-state index contributed by atoms with van der Waals surface area (Å²) in [5, 5.41) is 8.18. The van der Waals surface area contributed by atoms with Gasteiger partial charge in [-0.15, -0.1) is 0 Å². The summed E-state index contributed by atoms with van der Waals surface area (Å²) in [5.74, 6) is -1.41. The summed E-state index contributed by atoms with van der Waals surface area (Å²) < 4.78 is 13.0. The molecule has 3 N–H and O–H groups in total. The monoisotopic (exact) mass is 405 g/mol. The lowest BCUT2D eigenvalue weighted by molar-refractivity contribution is -0.114. The molecule has 152 valence electrons. The number of amides is 3. The zero-order valence-corrected chi connectivity index (χ0v) is 16.5. The molecule has 0 bridgehead atoms. The van der Waals surface area contributed by atoms with Gasteiger partial charge in [0.25, 0.3) is 11.8 Å². The van der Waals surface area contributed by atoms with Gasteiger partial charge in [-0.05, 0) is 67.1 Å². The van der Waals surface area contributed by atoms with Crippen molar-refractivity contribution >= 4 is 34.8 Å². The first-order valence-corrected chi connectivity index (χ1v) is 9.18. The van der Waals surface area contributed by atoms with Crippen molar-refractivity contribution in [1.82, 2.24) is 0 Å². The number of carbonyl (C=O) groups is 3. The molecule has 3 aromatic carbocycles. The Morgan fingerprint density at radius 2 is 1.40 bits per heavy atom. The van der Waals surface area contributed by atoms with Gasteiger partial charge < -0.3 is 16.0 Å². The smallest absolute Gasteiger partial charge is 0.255 e. The molecule has 0 spiro atoms. The fourth-order valence-electron chi connectivity index (χ4n) is 2.77. The third-order valence-electron chi connectivity index (χ3n) is 4.30. The highest BCUT2D eigenvalue weighted by atomic mass is 19.1. The Kier molecular flexibility index (Phi) is 6.22. The van der Waals surface area contributed by atoms with Crippen LogP contribution < -0.4 is 16.0 Å². The minimum absolute atomic E-state index is 0.208. The summed E-state index contributed by atoms with van der Waals surface area (Å²) >= 11 is 0. The van der Waals surface area contributed by atoms with Crippen molar-refractivity contribution in [2.24, 2.45) is 0 Å². The van der Waals surface area contributed by atoms with E-state index in [0.29, 0.717) is 28.2 Å². The van der Waals surface area contributed by atoms with Crippen LogP contribution in [0.3, 0.4) is 0 Å². The summed E-state index contributed by atoms with van der Waals surface area (Å²) in [6.07, 6.45) is 0. The van der Waals surface area contributed by atoms with E-state index in [1.807, 2.05) is 6.92 Å². The van der Waals surface area contributed by atoms with Gasteiger partial charge in [0.2, 0.25) is 5.91 Å². The zero-order valence-electron chi connectivity index (χ0n) is 16.5. The van der Waals surface area contributed by atoms with Crippen LogP contribution in [0.4, 0.5) is 21.5 Å². The van der Waals surface area contributed by atoms with Gasteiger partial charge in [-0.25, -0.2) is 4.39 Å². The topological polar surface area (TPSA) is 87.3 Å². The van der Waals surface area contributed by atoms with Crippen LogP contribution in [-0.4, -0.2) is 17.7 Å². The third kappa shape index (κ3) is 5.29. The van der Waals surface area contributed by atoms with Crippen LogP contribution in [0.2, 0.25) is 0 Å². The SMILES string of the molecule is CC(=O)Nc1ccc(C)c(NC(=O)c2cccc(NC(=O)c3ccc(F)cc3)c2)c1. The average molecular weight is 405 g/mol. The summed E-state index contributed by atoms with van der Waals surface area (Å²) in [6, 6.07) is 16.9. The molecule has 0 aliphatic rings. The molecule has 7 heteroatoms. The predicted octanol–water partition coefficient (Wildman–Crippen LogP) is 4.60. The highest BCUT2D eigenvalue weighted by Crippen LogP contribution is 2.22. The quantitative estimate of drug-likeness (QED) is 0.580. The van der Waals surface area contributed by atoms with Crippen LogP contribution in [0.15, 0.2) is 66.7 Å². The fourth-order valence-corrected chi connectivity index (χ4v) is 2.77. The minimum atomic E-state index is -0.428. The van der Waals surface area contributed by atoms with Gasteiger partial charge in [-0.3, -0.25) is 14.4 Å². The van der Waals surface area contributed by atoms with Crippen LogP contribution >= 0.6 is 0 Å².